The summed E-state index contributed by atoms with van der Waals surface area (Å²) in [5.74, 6) is 1.02. The number of piperazine rings is 1. The van der Waals surface area contributed by atoms with Crippen LogP contribution in [0.1, 0.15) is 17.0 Å². The first-order chi connectivity index (χ1) is 18.4. The molecule has 4 aromatic rings. The molecule has 0 unspecified atom stereocenters. The fraction of sp³-hybridized carbons (Fsp3) is 0.367. The number of aromatic amines is 1. The van der Waals surface area contributed by atoms with E-state index in [1.807, 2.05) is 24.9 Å². The summed E-state index contributed by atoms with van der Waals surface area (Å²) in [6.07, 6.45) is 1.94. The third-order valence-corrected chi connectivity index (χ3v) is 7.40. The van der Waals surface area contributed by atoms with Gasteiger partial charge in [0.15, 0.2) is 0 Å². The fourth-order valence-electron chi connectivity index (χ4n) is 5.35. The average Bonchev–Trinajstić information content (AvgIpc) is 3.26. The highest BCUT2D eigenvalue weighted by atomic mass is 16.5. The number of nitrogens with zero attached hydrogens (tertiary/aromatic N) is 4. The Labute approximate surface area is 224 Å². The van der Waals surface area contributed by atoms with Crippen molar-refractivity contribution in [1.82, 2.24) is 25.2 Å². The van der Waals surface area contributed by atoms with Crippen molar-refractivity contribution in [3.8, 4) is 22.4 Å². The van der Waals surface area contributed by atoms with Crippen LogP contribution in [0.4, 0.5) is 5.82 Å². The first-order valence-corrected chi connectivity index (χ1v) is 13.1. The van der Waals surface area contributed by atoms with Crippen LogP contribution in [-0.2, 0) is 9.53 Å². The molecule has 3 aromatic heterocycles. The average molecular weight is 513 g/mol. The van der Waals surface area contributed by atoms with Crippen LogP contribution in [0.2, 0.25) is 0 Å². The second-order valence-electron chi connectivity index (χ2n) is 10.0. The highest BCUT2D eigenvalue weighted by Gasteiger charge is 2.27. The van der Waals surface area contributed by atoms with E-state index >= 15 is 0 Å². The summed E-state index contributed by atoms with van der Waals surface area (Å²) in [7, 11) is 3.41. The Bertz CT molecular complexity index is 1420. The number of hydrogen-bond acceptors (Lipinski definition) is 6. The van der Waals surface area contributed by atoms with Crippen LogP contribution in [0, 0.1) is 20.8 Å². The van der Waals surface area contributed by atoms with Crippen molar-refractivity contribution in [2.45, 2.75) is 26.8 Å². The lowest BCUT2D eigenvalue weighted by Crippen LogP contribution is -2.55. The van der Waals surface area contributed by atoms with Crippen LogP contribution in [0.5, 0.6) is 0 Å². The maximum Gasteiger partial charge on any atom is 0.242 e. The number of aryl methyl sites for hydroxylation is 3. The van der Waals surface area contributed by atoms with Gasteiger partial charge in [-0.3, -0.25) is 9.78 Å². The molecule has 0 spiro atoms. The van der Waals surface area contributed by atoms with E-state index in [1.54, 1.807) is 14.2 Å². The van der Waals surface area contributed by atoms with Gasteiger partial charge in [0.05, 0.1) is 6.61 Å². The smallest absolute Gasteiger partial charge is 0.242 e. The minimum absolute atomic E-state index is 0.0876. The van der Waals surface area contributed by atoms with Gasteiger partial charge in [-0.2, -0.15) is 0 Å². The van der Waals surface area contributed by atoms with Crippen LogP contribution >= 0.6 is 0 Å². The van der Waals surface area contributed by atoms with E-state index in [0.29, 0.717) is 19.7 Å². The minimum atomic E-state index is -0.307. The molecular weight excluding hydrogens is 476 g/mol. The Morgan fingerprint density at radius 1 is 1.00 bits per heavy atom. The zero-order chi connectivity index (χ0) is 26.8. The van der Waals surface area contributed by atoms with Crippen molar-refractivity contribution in [2.75, 3.05) is 51.8 Å². The number of rotatable bonds is 7. The zero-order valence-corrected chi connectivity index (χ0v) is 22.8. The van der Waals surface area contributed by atoms with Gasteiger partial charge in [-0.15, -0.1) is 0 Å². The van der Waals surface area contributed by atoms with Gasteiger partial charge in [0, 0.05) is 78.6 Å². The van der Waals surface area contributed by atoms with Gasteiger partial charge in [-0.05, 0) is 69.3 Å². The molecule has 1 amide bonds. The summed E-state index contributed by atoms with van der Waals surface area (Å²) in [6.45, 7) is 9.46. The maximum absolute atomic E-state index is 12.7. The van der Waals surface area contributed by atoms with Crippen LogP contribution in [0.15, 0.2) is 48.7 Å². The quantitative estimate of drug-likeness (QED) is 0.388. The number of fused-ring (bicyclic) bond motifs is 1. The summed E-state index contributed by atoms with van der Waals surface area (Å²) >= 11 is 0. The van der Waals surface area contributed by atoms with Crippen molar-refractivity contribution in [1.29, 1.82) is 0 Å². The molecule has 1 aliphatic rings. The lowest BCUT2D eigenvalue weighted by atomic mass is 10.0. The number of nitrogens with one attached hydrogen (secondary N) is 2. The molecule has 1 saturated heterocycles. The predicted molar refractivity (Wildman–Crippen MR) is 152 cm³/mol. The number of hydrogen-bond donors (Lipinski definition) is 2. The Morgan fingerprint density at radius 2 is 1.71 bits per heavy atom. The molecule has 0 radical (unpaired) electrons. The van der Waals surface area contributed by atoms with Crippen molar-refractivity contribution in [3.05, 3.63) is 65.6 Å². The van der Waals surface area contributed by atoms with Crippen LogP contribution in [0.25, 0.3) is 33.3 Å². The molecular formula is C30H36N6O2. The molecule has 0 saturated carbocycles. The van der Waals surface area contributed by atoms with E-state index in [-0.39, 0.29) is 11.9 Å². The number of ether oxygens (including phenoxy) is 1. The molecule has 1 aromatic carbocycles. The maximum atomic E-state index is 12.7. The molecule has 4 heterocycles. The number of carbonyl (C=O) groups excluding carboxylic acids is 1. The summed E-state index contributed by atoms with van der Waals surface area (Å²) in [5.41, 5.74) is 8.89. The number of amides is 1. The van der Waals surface area contributed by atoms with Gasteiger partial charge < -0.3 is 24.8 Å². The van der Waals surface area contributed by atoms with Gasteiger partial charge in [-0.25, -0.2) is 4.98 Å². The van der Waals surface area contributed by atoms with Gasteiger partial charge >= 0.3 is 0 Å². The molecule has 0 bridgehead atoms. The van der Waals surface area contributed by atoms with Crippen molar-refractivity contribution < 1.29 is 9.53 Å². The van der Waals surface area contributed by atoms with Crippen LogP contribution in [0.3, 0.4) is 0 Å². The molecule has 1 aliphatic heterocycles. The number of methoxy groups -OCH3 is 1. The molecule has 0 aliphatic carbocycles. The third-order valence-electron chi connectivity index (χ3n) is 7.40. The normalized spacial score (nSPS) is 14.8. The van der Waals surface area contributed by atoms with E-state index in [2.05, 4.69) is 69.6 Å². The van der Waals surface area contributed by atoms with Crippen LogP contribution in [-0.4, -0.2) is 78.7 Å². The first-order valence-electron chi connectivity index (χ1n) is 13.1. The number of anilines is 1. The summed E-state index contributed by atoms with van der Waals surface area (Å²) in [4.78, 5) is 29.8. The van der Waals surface area contributed by atoms with Gasteiger partial charge in [0.2, 0.25) is 5.91 Å². The van der Waals surface area contributed by atoms with E-state index < -0.39 is 0 Å². The first kappa shape index (κ1) is 25.9. The molecule has 8 heteroatoms. The van der Waals surface area contributed by atoms with Gasteiger partial charge in [0.25, 0.3) is 0 Å². The summed E-state index contributed by atoms with van der Waals surface area (Å²) < 4.78 is 5.17. The number of pyridine rings is 2. The Balaban J connectivity index is 1.30. The molecule has 1 atom stereocenters. The molecule has 38 heavy (non-hydrogen) atoms. The zero-order valence-electron chi connectivity index (χ0n) is 22.8. The minimum Gasteiger partial charge on any atom is -0.383 e. The number of aromatic nitrogens is 3. The molecule has 5 rings (SSSR count). The SMILES string of the molecule is CN[C@H](COC)C(=O)N1CCN(c2ccc(-c3ccc4c(C)c(-c5cc(C)nc(C)c5)[nH]c4c3)cn2)CC1. The predicted octanol–water partition coefficient (Wildman–Crippen LogP) is 4.10. The third kappa shape index (κ3) is 5.14. The highest BCUT2D eigenvalue weighted by Crippen LogP contribution is 2.33. The molecule has 198 valence electrons. The van der Waals surface area contributed by atoms with Crippen LogP contribution < -0.4 is 10.2 Å². The van der Waals surface area contributed by atoms with Gasteiger partial charge in [-0.1, -0.05) is 12.1 Å². The Hall–Kier alpha value is -3.75. The number of likely N-dealkylation sites (N-methyl/N-ethyl adjacent to an activating group) is 1. The topological polar surface area (TPSA) is 86.4 Å². The molecule has 2 N–H and O–H groups in total. The Morgan fingerprint density at radius 3 is 2.34 bits per heavy atom. The lowest BCUT2D eigenvalue weighted by molar-refractivity contribution is -0.134. The number of carbonyl (C=O) groups is 1. The Kier molecular flexibility index (Phi) is 7.44. The van der Waals surface area contributed by atoms with Crippen molar-refractivity contribution in [2.24, 2.45) is 0 Å². The monoisotopic (exact) mass is 512 g/mol. The van der Waals surface area contributed by atoms with E-state index in [4.69, 9.17) is 9.72 Å². The summed E-state index contributed by atoms with van der Waals surface area (Å²) in [6, 6.07) is 14.7. The largest absolute Gasteiger partial charge is 0.383 e. The van der Waals surface area contributed by atoms with Crippen molar-refractivity contribution in [3.63, 3.8) is 0 Å². The van der Waals surface area contributed by atoms with Gasteiger partial charge in [0.1, 0.15) is 11.9 Å². The summed E-state index contributed by atoms with van der Waals surface area (Å²) in [5, 5.41) is 4.27. The molecule has 8 nitrogen and oxygen atoms in total. The number of benzene rings is 1. The number of H-pyrrole nitrogens is 1. The standard InChI is InChI=1S/C30H36N6O2/c1-19-14-24(15-20(2)33-19)29-21(3)25-8-6-22(16-26(25)34-29)23-7-9-28(32-17-23)35-10-12-36(13-11-35)30(37)27(31-4)18-38-5/h6-9,14-17,27,31,34H,10-13,18H2,1-5H3/t27-/m1/s1. The fourth-order valence-corrected chi connectivity index (χ4v) is 5.35. The van der Waals surface area contributed by atoms with Crippen molar-refractivity contribution >= 4 is 22.6 Å². The lowest BCUT2D eigenvalue weighted by Gasteiger charge is -2.36. The van der Waals surface area contributed by atoms with E-state index in [0.717, 1.165) is 52.6 Å². The molecule has 1 fully saturated rings. The van der Waals surface area contributed by atoms with E-state index in [9.17, 15) is 4.79 Å². The van der Waals surface area contributed by atoms with E-state index in [1.165, 1.54) is 16.5 Å². The highest BCUT2D eigenvalue weighted by molar-refractivity contribution is 5.93. The second kappa shape index (κ2) is 10.9. The second-order valence-corrected chi connectivity index (χ2v) is 10.0.